The molecule has 5 heteroatoms. The number of halogens is 1. The number of hydrogen-bond acceptors (Lipinski definition) is 3. The van der Waals surface area contributed by atoms with Crippen molar-refractivity contribution in [1.82, 2.24) is 15.1 Å². The Kier molecular flexibility index (Phi) is 6.33. The summed E-state index contributed by atoms with van der Waals surface area (Å²) in [4.78, 5) is 0. The van der Waals surface area contributed by atoms with E-state index in [2.05, 4.69) is 24.3 Å². The Hall–Kier alpha value is -0.580. The number of rotatable bonds is 10. The molecule has 1 aliphatic rings. The van der Waals surface area contributed by atoms with Crippen LogP contribution in [0.3, 0.4) is 0 Å². The molecule has 2 rings (SSSR count). The fourth-order valence-electron chi connectivity index (χ4n) is 2.23. The molecule has 114 valence electrons. The van der Waals surface area contributed by atoms with Crippen molar-refractivity contribution >= 4 is 11.6 Å². The third kappa shape index (κ3) is 4.47. The monoisotopic (exact) mass is 299 g/mol. The molecule has 1 aliphatic carbocycles. The standard InChI is InChI=1S/C15H26ClN3O/c1-3-13-15(16)14(19(4-2)18-13)10-17-8-5-9-20-11-12-6-7-12/h12,17H,3-11H2,1-2H3. The maximum absolute atomic E-state index is 6.36. The van der Waals surface area contributed by atoms with E-state index in [1.54, 1.807) is 0 Å². The van der Waals surface area contributed by atoms with Gasteiger partial charge in [-0.2, -0.15) is 5.10 Å². The molecule has 0 spiro atoms. The van der Waals surface area contributed by atoms with Gasteiger partial charge in [0.05, 0.1) is 16.4 Å². The number of aryl methyl sites for hydroxylation is 2. The van der Waals surface area contributed by atoms with Gasteiger partial charge in [-0.05, 0) is 45.1 Å². The maximum atomic E-state index is 6.36. The van der Waals surface area contributed by atoms with Crippen molar-refractivity contribution in [2.75, 3.05) is 19.8 Å². The Morgan fingerprint density at radius 1 is 1.40 bits per heavy atom. The van der Waals surface area contributed by atoms with Crippen LogP contribution in [0.4, 0.5) is 0 Å². The lowest BCUT2D eigenvalue weighted by molar-refractivity contribution is 0.122. The lowest BCUT2D eigenvalue weighted by Gasteiger charge is -2.08. The molecule has 0 unspecified atom stereocenters. The van der Waals surface area contributed by atoms with Gasteiger partial charge in [-0.1, -0.05) is 18.5 Å². The van der Waals surface area contributed by atoms with Gasteiger partial charge in [-0.15, -0.1) is 0 Å². The summed E-state index contributed by atoms with van der Waals surface area (Å²) in [6, 6.07) is 0. The molecule has 0 amide bonds. The van der Waals surface area contributed by atoms with Crippen molar-refractivity contribution in [2.45, 2.75) is 52.6 Å². The van der Waals surface area contributed by atoms with Crippen molar-refractivity contribution in [1.29, 1.82) is 0 Å². The van der Waals surface area contributed by atoms with E-state index in [9.17, 15) is 0 Å². The van der Waals surface area contributed by atoms with Crippen LogP contribution >= 0.6 is 11.6 Å². The van der Waals surface area contributed by atoms with Gasteiger partial charge in [-0.25, -0.2) is 0 Å². The Balaban J connectivity index is 1.66. The highest BCUT2D eigenvalue weighted by molar-refractivity contribution is 6.31. The van der Waals surface area contributed by atoms with Crippen molar-refractivity contribution in [3.05, 3.63) is 16.4 Å². The van der Waals surface area contributed by atoms with Gasteiger partial charge >= 0.3 is 0 Å². The molecule has 4 nitrogen and oxygen atoms in total. The third-order valence-electron chi connectivity index (χ3n) is 3.68. The van der Waals surface area contributed by atoms with Crippen LogP contribution in [0.5, 0.6) is 0 Å². The molecule has 20 heavy (non-hydrogen) atoms. The van der Waals surface area contributed by atoms with Crippen molar-refractivity contribution in [3.8, 4) is 0 Å². The largest absolute Gasteiger partial charge is 0.381 e. The predicted octanol–water partition coefficient (Wildman–Crippen LogP) is 3.03. The Morgan fingerprint density at radius 2 is 2.20 bits per heavy atom. The molecule has 0 bridgehead atoms. The fourth-order valence-corrected chi connectivity index (χ4v) is 2.56. The van der Waals surface area contributed by atoms with Crippen LogP contribution in [-0.4, -0.2) is 29.5 Å². The van der Waals surface area contributed by atoms with Crippen LogP contribution < -0.4 is 5.32 Å². The molecule has 1 heterocycles. The van der Waals surface area contributed by atoms with E-state index >= 15 is 0 Å². The Labute approximate surface area is 126 Å². The summed E-state index contributed by atoms with van der Waals surface area (Å²) in [6.07, 6.45) is 4.65. The van der Waals surface area contributed by atoms with E-state index in [4.69, 9.17) is 16.3 Å². The van der Waals surface area contributed by atoms with E-state index in [0.29, 0.717) is 0 Å². The topological polar surface area (TPSA) is 39.1 Å². The molecule has 1 N–H and O–H groups in total. The average Bonchev–Trinajstić information content (AvgIpc) is 3.23. The zero-order valence-corrected chi connectivity index (χ0v) is 13.4. The first-order chi connectivity index (χ1) is 9.76. The highest BCUT2D eigenvalue weighted by atomic mass is 35.5. The van der Waals surface area contributed by atoms with Crippen molar-refractivity contribution in [3.63, 3.8) is 0 Å². The Bertz CT molecular complexity index is 415. The first-order valence-corrected chi connectivity index (χ1v) is 8.16. The van der Waals surface area contributed by atoms with Gasteiger partial charge in [-0.3, -0.25) is 4.68 Å². The fraction of sp³-hybridized carbons (Fsp3) is 0.800. The summed E-state index contributed by atoms with van der Waals surface area (Å²) in [5.41, 5.74) is 2.10. The molecular weight excluding hydrogens is 274 g/mol. The number of ether oxygens (including phenoxy) is 1. The van der Waals surface area contributed by atoms with E-state index in [1.807, 2.05) is 4.68 Å². The summed E-state index contributed by atoms with van der Waals surface area (Å²) in [6.45, 7) is 8.58. The van der Waals surface area contributed by atoms with Crippen LogP contribution in [0.2, 0.25) is 5.02 Å². The van der Waals surface area contributed by atoms with Crippen molar-refractivity contribution in [2.24, 2.45) is 5.92 Å². The van der Waals surface area contributed by atoms with Crippen LogP contribution in [0.15, 0.2) is 0 Å². The maximum Gasteiger partial charge on any atom is 0.0863 e. The van der Waals surface area contributed by atoms with Crippen molar-refractivity contribution < 1.29 is 4.74 Å². The van der Waals surface area contributed by atoms with Gasteiger partial charge in [0.2, 0.25) is 0 Å². The average molecular weight is 300 g/mol. The molecule has 1 aromatic rings. The van der Waals surface area contributed by atoms with Crippen LogP contribution in [0.25, 0.3) is 0 Å². The number of nitrogens with one attached hydrogen (secondary N) is 1. The molecule has 0 saturated heterocycles. The van der Waals surface area contributed by atoms with Gasteiger partial charge < -0.3 is 10.1 Å². The van der Waals surface area contributed by atoms with Crippen LogP contribution in [0.1, 0.15) is 44.5 Å². The van der Waals surface area contributed by atoms with Crippen LogP contribution in [-0.2, 0) is 24.2 Å². The predicted molar refractivity (Wildman–Crippen MR) is 82.2 cm³/mol. The van der Waals surface area contributed by atoms with Gasteiger partial charge in [0.15, 0.2) is 0 Å². The molecule has 0 radical (unpaired) electrons. The van der Waals surface area contributed by atoms with E-state index in [-0.39, 0.29) is 0 Å². The summed E-state index contributed by atoms with van der Waals surface area (Å²) < 4.78 is 7.61. The molecule has 1 fully saturated rings. The second-order valence-corrected chi connectivity index (χ2v) is 5.80. The minimum Gasteiger partial charge on any atom is -0.381 e. The molecule has 1 aromatic heterocycles. The van der Waals surface area contributed by atoms with E-state index in [1.165, 1.54) is 12.8 Å². The number of aromatic nitrogens is 2. The smallest absolute Gasteiger partial charge is 0.0863 e. The third-order valence-corrected chi connectivity index (χ3v) is 4.12. The number of hydrogen-bond donors (Lipinski definition) is 1. The molecule has 0 atom stereocenters. The molecular formula is C15H26ClN3O. The first kappa shape index (κ1) is 15.8. The lowest BCUT2D eigenvalue weighted by Crippen LogP contribution is -2.19. The molecule has 0 aromatic carbocycles. The van der Waals surface area contributed by atoms with Gasteiger partial charge in [0, 0.05) is 26.3 Å². The Morgan fingerprint density at radius 3 is 2.85 bits per heavy atom. The zero-order chi connectivity index (χ0) is 14.4. The normalized spacial score (nSPS) is 14.9. The summed E-state index contributed by atoms with van der Waals surface area (Å²) >= 11 is 6.36. The second-order valence-electron chi connectivity index (χ2n) is 5.43. The number of nitrogens with zero attached hydrogens (tertiary/aromatic N) is 2. The zero-order valence-electron chi connectivity index (χ0n) is 12.6. The summed E-state index contributed by atoms with van der Waals surface area (Å²) in [5.74, 6) is 0.855. The molecule has 1 saturated carbocycles. The second kappa shape index (κ2) is 8.01. The highest BCUT2D eigenvalue weighted by Crippen LogP contribution is 2.28. The quantitative estimate of drug-likeness (QED) is 0.675. The van der Waals surface area contributed by atoms with Gasteiger partial charge in [0.1, 0.15) is 0 Å². The van der Waals surface area contributed by atoms with E-state index < -0.39 is 0 Å². The summed E-state index contributed by atoms with van der Waals surface area (Å²) in [7, 11) is 0. The SMILES string of the molecule is CCc1nn(CC)c(CNCCCOCC2CC2)c1Cl. The first-order valence-electron chi connectivity index (χ1n) is 7.78. The van der Waals surface area contributed by atoms with E-state index in [0.717, 1.165) is 68.0 Å². The summed E-state index contributed by atoms with van der Waals surface area (Å²) in [5, 5.41) is 8.78. The highest BCUT2D eigenvalue weighted by Gasteiger charge is 2.20. The lowest BCUT2D eigenvalue weighted by atomic mass is 10.3. The van der Waals surface area contributed by atoms with Crippen LogP contribution in [0, 0.1) is 5.92 Å². The minimum atomic E-state index is 0.780. The van der Waals surface area contributed by atoms with Gasteiger partial charge in [0.25, 0.3) is 0 Å². The molecule has 0 aliphatic heterocycles. The minimum absolute atomic E-state index is 0.780.